The second kappa shape index (κ2) is 9.28. The zero-order chi connectivity index (χ0) is 14.1. The smallest absolute Gasteiger partial charge is 0.222 e. The van der Waals surface area contributed by atoms with E-state index >= 15 is 0 Å². The first kappa shape index (κ1) is 16.4. The van der Waals surface area contributed by atoms with Crippen molar-refractivity contribution in [2.45, 2.75) is 25.7 Å². The van der Waals surface area contributed by atoms with Crippen LogP contribution in [0, 0.1) is 0 Å². The molecule has 5 heteroatoms. The molecule has 0 unspecified atom stereocenters. The predicted octanol–water partition coefficient (Wildman–Crippen LogP) is 0.211. The summed E-state index contributed by atoms with van der Waals surface area (Å²) in [5.41, 5.74) is 5.51. The SMILES string of the molecule is CN(C)C(=O)CCCN1CCN(CCCCN)CC1. The molecule has 1 saturated heterocycles. The van der Waals surface area contributed by atoms with E-state index in [0.29, 0.717) is 6.42 Å². The van der Waals surface area contributed by atoms with E-state index in [0.717, 1.165) is 52.1 Å². The fraction of sp³-hybridized carbons (Fsp3) is 0.929. The molecule has 0 saturated carbocycles. The summed E-state index contributed by atoms with van der Waals surface area (Å²) in [6.45, 7) is 7.64. The molecule has 1 aliphatic heterocycles. The summed E-state index contributed by atoms with van der Waals surface area (Å²) in [6.07, 6.45) is 3.99. The van der Waals surface area contributed by atoms with Gasteiger partial charge < -0.3 is 20.4 Å². The molecule has 5 nitrogen and oxygen atoms in total. The van der Waals surface area contributed by atoms with Crippen LogP contribution >= 0.6 is 0 Å². The van der Waals surface area contributed by atoms with Crippen LogP contribution in [0.3, 0.4) is 0 Å². The van der Waals surface area contributed by atoms with E-state index in [9.17, 15) is 4.79 Å². The van der Waals surface area contributed by atoms with Crippen LogP contribution in [0.2, 0.25) is 0 Å². The number of nitrogens with two attached hydrogens (primary N) is 1. The molecule has 0 radical (unpaired) electrons. The van der Waals surface area contributed by atoms with Crippen molar-refractivity contribution < 1.29 is 4.79 Å². The van der Waals surface area contributed by atoms with Gasteiger partial charge in [-0.3, -0.25) is 4.79 Å². The minimum atomic E-state index is 0.237. The number of carbonyl (C=O) groups is 1. The van der Waals surface area contributed by atoms with Gasteiger partial charge in [0.05, 0.1) is 0 Å². The number of carbonyl (C=O) groups excluding carboxylic acids is 1. The molecule has 0 aromatic rings. The van der Waals surface area contributed by atoms with Crippen LogP contribution in [0.25, 0.3) is 0 Å². The second-order valence-electron chi connectivity index (χ2n) is 5.57. The quantitative estimate of drug-likeness (QED) is 0.641. The van der Waals surface area contributed by atoms with E-state index in [2.05, 4.69) is 9.80 Å². The Hall–Kier alpha value is -0.650. The average Bonchev–Trinajstić information content (AvgIpc) is 2.40. The summed E-state index contributed by atoms with van der Waals surface area (Å²) in [5, 5.41) is 0. The van der Waals surface area contributed by atoms with Crippen LogP contribution in [-0.2, 0) is 4.79 Å². The summed E-state index contributed by atoms with van der Waals surface area (Å²) in [7, 11) is 3.64. The Morgan fingerprint density at radius 1 is 1.00 bits per heavy atom. The van der Waals surface area contributed by atoms with E-state index in [1.807, 2.05) is 14.1 Å². The molecule has 19 heavy (non-hydrogen) atoms. The molecule has 0 aliphatic carbocycles. The van der Waals surface area contributed by atoms with Gasteiger partial charge in [-0.15, -0.1) is 0 Å². The zero-order valence-corrected chi connectivity index (χ0v) is 12.6. The number of rotatable bonds is 8. The van der Waals surface area contributed by atoms with Crippen LogP contribution in [-0.4, -0.2) is 80.5 Å². The van der Waals surface area contributed by atoms with E-state index < -0.39 is 0 Å². The Morgan fingerprint density at radius 2 is 1.53 bits per heavy atom. The van der Waals surface area contributed by atoms with Crippen LogP contribution in [0.4, 0.5) is 0 Å². The predicted molar refractivity (Wildman–Crippen MR) is 79.1 cm³/mol. The molecule has 0 atom stereocenters. The summed E-state index contributed by atoms with van der Waals surface area (Å²) >= 11 is 0. The molecule has 0 aromatic heterocycles. The summed E-state index contributed by atoms with van der Waals surface area (Å²) in [5.74, 6) is 0.237. The van der Waals surface area contributed by atoms with E-state index in [4.69, 9.17) is 5.73 Å². The number of amides is 1. The third-order valence-corrected chi connectivity index (χ3v) is 3.76. The second-order valence-corrected chi connectivity index (χ2v) is 5.57. The van der Waals surface area contributed by atoms with Crippen molar-refractivity contribution in [3.8, 4) is 0 Å². The molecular weight excluding hydrogens is 240 g/mol. The van der Waals surface area contributed by atoms with E-state index in [-0.39, 0.29) is 5.91 Å². The lowest BCUT2D eigenvalue weighted by Gasteiger charge is -2.34. The van der Waals surface area contributed by atoms with Crippen molar-refractivity contribution in [1.82, 2.24) is 14.7 Å². The molecule has 1 heterocycles. The van der Waals surface area contributed by atoms with Gasteiger partial charge in [-0.05, 0) is 38.9 Å². The van der Waals surface area contributed by atoms with Gasteiger partial charge in [0.25, 0.3) is 0 Å². The highest BCUT2D eigenvalue weighted by atomic mass is 16.2. The number of piperazine rings is 1. The highest BCUT2D eigenvalue weighted by Crippen LogP contribution is 2.05. The molecule has 1 aliphatic rings. The van der Waals surface area contributed by atoms with Crippen LogP contribution in [0.5, 0.6) is 0 Å². The number of unbranched alkanes of at least 4 members (excludes halogenated alkanes) is 1. The Bertz CT molecular complexity index is 250. The molecule has 0 aromatic carbocycles. The minimum absolute atomic E-state index is 0.237. The first-order valence-corrected chi connectivity index (χ1v) is 7.48. The fourth-order valence-corrected chi connectivity index (χ4v) is 2.39. The number of hydrogen-bond donors (Lipinski definition) is 1. The average molecular weight is 270 g/mol. The monoisotopic (exact) mass is 270 g/mol. The van der Waals surface area contributed by atoms with Crippen molar-refractivity contribution in [2.75, 3.05) is 59.9 Å². The summed E-state index contributed by atoms with van der Waals surface area (Å²) in [4.78, 5) is 18.1. The van der Waals surface area contributed by atoms with Gasteiger partial charge in [-0.25, -0.2) is 0 Å². The van der Waals surface area contributed by atoms with Crippen LogP contribution in [0.1, 0.15) is 25.7 Å². The summed E-state index contributed by atoms with van der Waals surface area (Å²) < 4.78 is 0. The maximum absolute atomic E-state index is 11.5. The van der Waals surface area contributed by atoms with Gasteiger partial charge >= 0.3 is 0 Å². The molecule has 1 fully saturated rings. The first-order valence-electron chi connectivity index (χ1n) is 7.48. The molecular formula is C14H30N4O. The Labute approximate surface area is 117 Å². The van der Waals surface area contributed by atoms with Gasteiger partial charge in [-0.1, -0.05) is 0 Å². The van der Waals surface area contributed by atoms with Gasteiger partial charge in [-0.2, -0.15) is 0 Å². The molecule has 2 N–H and O–H groups in total. The van der Waals surface area contributed by atoms with Crippen molar-refractivity contribution in [3.63, 3.8) is 0 Å². The van der Waals surface area contributed by atoms with Crippen molar-refractivity contribution in [2.24, 2.45) is 5.73 Å². The van der Waals surface area contributed by atoms with Crippen molar-refractivity contribution >= 4 is 5.91 Å². The highest BCUT2D eigenvalue weighted by molar-refractivity contribution is 5.75. The van der Waals surface area contributed by atoms with E-state index in [1.165, 1.54) is 13.0 Å². The molecule has 1 amide bonds. The van der Waals surface area contributed by atoms with Crippen LogP contribution in [0.15, 0.2) is 0 Å². The number of hydrogen-bond acceptors (Lipinski definition) is 4. The third kappa shape index (κ3) is 6.89. The van der Waals surface area contributed by atoms with Crippen molar-refractivity contribution in [3.05, 3.63) is 0 Å². The maximum atomic E-state index is 11.5. The maximum Gasteiger partial charge on any atom is 0.222 e. The normalized spacial score (nSPS) is 17.6. The van der Waals surface area contributed by atoms with Crippen molar-refractivity contribution in [1.29, 1.82) is 0 Å². The van der Waals surface area contributed by atoms with E-state index in [1.54, 1.807) is 4.90 Å². The molecule has 112 valence electrons. The lowest BCUT2D eigenvalue weighted by atomic mass is 10.2. The number of nitrogens with zero attached hydrogens (tertiary/aromatic N) is 3. The largest absolute Gasteiger partial charge is 0.349 e. The zero-order valence-electron chi connectivity index (χ0n) is 12.6. The third-order valence-electron chi connectivity index (χ3n) is 3.76. The van der Waals surface area contributed by atoms with Gasteiger partial charge in [0.2, 0.25) is 5.91 Å². The van der Waals surface area contributed by atoms with Gasteiger partial charge in [0.1, 0.15) is 0 Å². The van der Waals surface area contributed by atoms with Gasteiger partial charge in [0, 0.05) is 46.7 Å². The Morgan fingerprint density at radius 3 is 2.00 bits per heavy atom. The lowest BCUT2D eigenvalue weighted by molar-refractivity contribution is -0.128. The van der Waals surface area contributed by atoms with Crippen LogP contribution < -0.4 is 5.73 Å². The lowest BCUT2D eigenvalue weighted by Crippen LogP contribution is -2.46. The topological polar surface area (TPSA) is 52.8 Å². The molecule has 0 bridgehead atoms. The highest BCUT2D eigenvalue weighted by Gasteiger charge is 2.16. The van der Waals surface area contributed by atoms with Gasteiger partial charge in [0.15, 0.2) is 0 Å². The summed E-state index contributed by atoms with van der Waals surface area (Å²) in [6, 6.07) is 0. The molecule has 0 spiro atoms. The molecule has 1 rings (SSSR count). The Balaban J connectivity index is 2.05. The Kier molecular flexibility index (Phi) is 8.02. The minimum Gasteiger partial charge on any atom is -0.349 e. The fourth-order valence-electron chi connectivity index (χ4n) is 2.39. The first-order chi connectivity index (χ1) is 9.13. The standard InChI is InChI=1S/C14H30N4O/c1-16(2)14(19)6-5-9-18-12-10-17(11-13-18)8-4-3-7-15/h3-13,15H2,1-2H3.